The number of thiocarbonyl (C=S) groups is 1. The predicted octanol–water partition coefficient (Wildman–Crippen LogP) is 4.89. The van der Waals surface area contributed by atoms with Gasteiger partial charge in [-0.3, -0.25) is 4.79 Å². The molecule has 0 unspecified atom stereocenters. The van der Waals surface area contributed by atoms with Crippen LogP contribution in [-0.4, -0.2) is 11.0 Å². The Morgan fingerprint density at radius 1 is 1.21 bits per heavy atom. The summed E-state index contributed by atoms with van der Waals surface area (Å²) in [6.07, 6.45) is 2.89. The number of carbonyl (C=O) groups excluding carboxylic acids is 1. The van der Waals surface area contributed by atoms with Crippen LogP contribution in [0.3, 0.4) is 0 Å². The number of nitrogens with one attached hydrogen (secondary N) is 2. The van der Waals surface area contributed by atoms with Gasteiger partial charge in [-0.15, -0.1) is 0 Å². The topological polar surface area (TPSA) is 41.1 Å². The van der Waals surface area contributed by atoms with Crippen molar-refractivity contribution >= 4 is 28.9 Å². The molecule has 0 bridgehead atoms. The third-order valence-corrected chi connectivity index (χ3v) is 5.97. The van der Waals surface area contributed by atoms with Crippen molar-refractivity contribution in [2.45, 2.75) is 60.8 Å². The molecule has 0 heterocycles. The van der Waals surface area contributed by atoms with Crippen LogP contribution >= 0.6 is 12.2 Å². The lowest BCUT2D eigenvalue weighted by Crippen LogP contribution is -2.47. The molecule has 4 heteroatoms. The first kappa shape index (κ1) is 18.9. The molecule has 1 saturated carbocycles. The molecular weight excluding hydrogens is 316 g/mol. The van der Waals surface area contributed by atoms with Gasteiger partial charge in [0.15, 0.2) is 5.11 Å². The van der Waals surface area contributed by atoms with Crippen molar-refractivity contribution in [2.24, 2.45) is 17.3 Å². The molecule has 132 valence electrons. The van der Waals surface area contributed by atoms with Gasteiger partial charge in [-0.2, -0.15) is 0 Å². The van der Waals surface area contributed by atoms with Crippen LogP contribution in [0.5, 0.6) is 0 Å². The third-order valence-electron chi connectivity index (χ3n) is 5.77. The van der Waals surface area contributed by atoms with Crippen LogP contribution in [0.15, 0.2) is 12.1 Å². The molecule has 24 heavy (non-hydrogen) atoms. The largest absolute Gasteiger partial charge is 0.332 e. The summed E-state index contributed by atoms with van der Waals surface area (Å²) in [6.45, 7) is 13.0. The van der Waals surface area contributed by atoms with Crippen LogP contribution in [0.1, 0.15) is 56.7 Å². The Hall–Kier alpha value is -1.42. The number of aryl methyl sites for hydroxylation is 3. The standard InChI is InChI=1S/C20H30N2OS/c1-7-15-10-16(20(15,5)6)11-17(23)21-19(24)22-18-13(3)8-12(2)9-14(18)4/h8-9,15-16H,7,10-11H2,1-6H3,(H2,21,22,23,24)/t15-,16-/m0/s1. The second kappa shape index (κ2) is 7.22. The summed E-state index contributed by atoms with van der Waals surface area (Å²) in [5, 5.41) is 6.42. The zero-order valence-corrected chi connectivity index (χ0v) is 16.6. The molecular formula is C20H30N2OS. The molecule has 3 nitrogen and oxygen atoms in total. The Balaban J connectivity index is 1.90. The minimum absolute atomic E-state index is 0.0162. The van der Waals surface area contributed by atoms with Gasteiger partial charge in [-0.1, -0.05) is 44.9 Å². The maximum Gasteiger partial charge on any atom is 0.226 e. The molecule has 1 aliphatic rings. The van der Waals surface area contributed by atoms with Crippen LogP contribution in [0.25, 0.3) is 0 Å². The lowest BCUT2D eigenvalue weighted by molar-refractivity contribution is -0.125. The van der Waals surface area contributed by atoms with Crippen molar-refractivity contribution in [3.05, 3.63) is 28.8 Å². The number of rotatable bonds is 4. The average molecular weight is 347 g/mol. The third kappa shape index (κ3) is 3.97. The molecule has 2 rings (SSSR count). The highest BCUT2D eigenvalue weighted by Gasteiger charge is 2.47. The quantitative estimate of drug-likeness (QED) is 0.763. The highest BCUT2D eigenvalue weighted by Crippen LogP contribution is 2.54. The molecule has 1 amide bonds. The van der Waals surface area contributed by atoms with E-state index in [2.05, 4.69) is 64.3 Å². The van der Waals surface area contributed by atoms with Crippen molar-refractivity contribution in [3.63, 3.8) is 0 Å². The number of anilines is 1. The SMILES string of the molecule is CC[C@H]1C[C@@H](CC(=O)NC(=S)Nc2c(C)cc(C)cc2C)C1(C)C. The van der Waals surface area contributed by atoms with Gasteiger partial charge in [0.1, 0.15) is 0 Å². The molecule has 1 fully saturated rings. The fourth-order valence-corrected chi connectivity index (χ4v) is 4.30. The number of hydrogen-bond donors (Lipinski definition) is 2. The maximum atomic E-state index is 12.3. The minimum atomic E-state index is 0.0162. The first-order chi connectivity index (χ1) is 11.1. The highest BCUT2D eigenvalue weighted by molar-refractivity contribution is 7.80. The summed E-state index contributed by atoms with van der Waals surface area (Å²) in [4.78, 5) is 12.3. The van der Waals surface area contributed by atoms with Crippen molar-refractivity contribution in [1.29, 1.82) is 0 Å². The Kier molecular flexibility index (Phi) is 5.69. The van der Waals surface area contributed by atoms with Gasteiger partial charge in [0.2, 0.25) is 5.91 Å². The molecule has 0 saturated heterocycles. The van der Waals surface area contributed by atoms with Gasteiger partial charge in [0.25, 0.3) is 0 Å². The summed E-state index contributed by atoms with van der Waals surface area (Å²) in [5.41, 5.74) is 4.74. The Morgan fingerprint density at radius 2 is 1.79 bits per heavy atom. The van der Waals surface area contributed by atoms with Crippen LogP contribution in [0.2, 0.25) is 0 Å². The number of amides is 1. The van der Waals surface area contributed by atoms with E-state index in [-0.39, 0.29) is 11.3 Å². The normalized spacial score (nSPS) is 21.8. The smallest absolute Gasteiger partial charge is 0.226 e. The van der Waals surface area contributed by atoms with E-state index in [1.807, 2.05) is 0 Å². The van der Waals surface area contributed by atoms with E-state index in [1.165, 1.54) is 12.0 Å². The van der Waals surface area contributed by atoms with Gasteiger partial charge in [-0.25, -0.2) is 0 Å². The van der Waals surface area contributed by atoms with Crippen LogP contribution in [-0.2, 0) is 4.79 Å². The van der Waals surface area contributed by atoms with E-state index in [0.717, 1.165) is 29.2 Å². The first-order valence-corrected chi connectivity index (χ1v) is 9.24. The first-order valence-electron chi connectivity index (χ1n) is 8.83. The molecule has 0 aliphatic heterocycles. The number of hydrogen-bond acceptors (Lipinski definition) is 2. The second-order valence-corrected chi connectivity index (χ2v) is 8.25. The van der Waals surface area contributed by atoms with Crippen LogP contribution in [0, 0.1) is 38.0 Å². The zero-order valence-electron chi connectivity index (χ0n) is 15.7. The van der Waals surface area contributed by atoms with Gasteiger partial charge < -0.3 is 10.6 Å². The van der Waals surface area contributed by atoms with Gasteiger partial charge in [0.05, 0.1) is 0 Å². The highest BCUT2D eigenvalue weighted by atomic mass is 32.1. The van der Waals surface area contributed by atoms with E-state index in [4.69, 9.17) is 12.2 Å². The number of benzene rings is 1. The zero-order chi connectivity index (χ0) is 18.1. The number of carbonyl (C=O) groups is 1. The minimum Gasteiger partial charge on any atom is -0.332 e. The molecule has 1 aromatic rings. The van der Waals surface area contributed by atoms with E-state index in [9.17, 15) is 4.79 Å². The van der Waals surface area contributed by atoms with E-state index in [0.29, 0.717) is 17.5 Å². The fourth-order valence-electron chi connectivity index (χ4n) is 4.09. The summed E-state index contributed by atoms with van der Waals surface area (Å²) >= 11 is 5.33. The van der Waals surface area contributed by atoms with Crippen LogP contribution in [0.4, 0.5) is 5.69 Å². The van der Waals surface area contributed by atoms with Crippen molar-refractivity contribution in [1.82, 2.24) is 5.32 Å². The van der Waals surface area contributed by atoms with E-state index >= 15 is 0 Å². The molecule has 1 aromatic carbocycles. The molecule has 0 spiro atoms. The summed E-state index contributed by atoms with van der Waals surface area (Å²) in [5.74, 6) is 1.20. The molecule has 1 aliphatic carbocycles. The Morgan fingerprint density at radius 3 is 2.29 bits per heavy atom. The maximum absolute atomic E-state index is 12.3. The lowest BCUT2D eigenvalue weighted by Gasteiger charge is -2.52. The van der Waals surface area contributed by atoms with E-state index in [1.54, 1.807) is 0 Å². The second-order valence-electron chi connectivity index (χ2n) is 7.84. The molecule has 2 N–H and O–H groups in total. The van der Waals surface area contributed by atoms with Crippen LogP contribution < -0.4 is 10.6 Å². The molecule has 0 radical (unpaired) electrons. The van der Waals surface area contributed by atoms with E-state index < -0.39 is 0 Å². The van der Waals surface area contributed by atoms with Gasteiger partial charge in [0, 0.05) is 12.1 Å². The van der Waals surface area contributed by atoms with Gasteiger partial charge >= 0.3 is 0 Å². The average Bonchev–Trinajstić information content (AvgIpc) is 2.46. The van der Waals surface area contributed by atoms with Crippen molar-refractivity contribution in [2.75, 3.05) is 5.32 Å². The Bertz CT molecular complexity index is 628. The monoisotopic (exact) mass is 346 g/mol. The Labute approximate surface area is 151 Å². The molecule has 0 aromatic heterocycles. The fraction of sp³-hybridized carbons (Fsp3) is 0.600. The lowest BCUT2D eigenvalue weighted by atomic mass is 9.53. The predicted molar refractivity (Wildman–Crippen MR) is 105 cm³/mol. The molecule has 2 atom stereocenters. The van der Waals surface area contributed by atoms with Crippen molar-refractivity contribution < 1.29 is 4.79 Å². The summed E-state index contributed by atoms with van der Waals surface area (Å²) < 4.78 is 0. The summed E-state index contributed by atoms with van der Waals surface area (Å²) in [7, 11) is 0. The summed E-state index contributed by atoms with van der Waals surface area (Å²) in [6, 6.07) is 4.23. The van der Waals surface area contributed by atoms with Gasteiger partial charge in [-0.05, 0) is 67.8 Å². The van der Waals surface area contributed by atoms with Crippen molar-refractivity contribution in [3.8, 4) is 0 Å².